The number of piperidine rings is 1. The van der Waals surface area contributed by atoms with Crippen LogP contribution < -0.4 is 5.76 Å². The fourth-order valence-corrected chi connectivity index (χ4v) is 3.84. The number of rotatable bonds is 5. The van der Waals surface area contributed by atoms with Crippen molar-refractivity contribution in [2.45, 2.75) is 25.8 Å². The van der Waals surface area contributed by atoms with E-state index in [1.807, 2.05) is 36.4 Å². The molecule has 1 aliphatic rings. The number of likely N-dealkylation sites (tertiary alicyclic amines) is 1. The molecule has 0 spiro atoms. The third-order valence-corrected chi connectivity index (χ3v) is 5.36. The maximum absolute atomic E-state index is 13.0. The molecule has 136 valence electrons. The van der Waals surface area contributed by atoms with E-state index in [9.17, 15) is 9.18 Å². The smallest absolute Gasteiger partial charge is 0.408 e. The van der Waals surface area contributed by atoms with E-state index in [2.05, 4.69) is 4.90 Å². The predicted octanol–water partition coefficient (Wildman–Crippen LogP) is 3.69. The van der Waals surface area contributed by atoms with Gasteiger partial charge in [-0.05, 0) is 68.1 Å². The number of benzene rings is 2. The third kappa shape index (κ3) is 3.73. The highest BCUT2D eigenvalue weighted by atomic mass is 19.1. The van der Waals surface area contributed by atoms with Crippen molar-refractivity contribution in [3.63, 3.8) is 0 Å². The van der Waals surface area contributed by atoms with Gasteiger partial charge in [-0.25, -0.2) is 9.18 Å². The Morgan fingerprint density at radius 1 is 1.00 bits per heavy atom. The average Bonchev–Trinajstić information content (AvgIpc) is 2.98. The second-order valence-corrected chi connectivity index (χ2v) is 7.10. The zero-order valence-corrected chi connectivity index (χ0v) is 14.7. The molecule has 1 saturated heterocycles. The Morgan fingerprint density at radius 2 is 1.73 bits per heavy atom. The van der Waals surface area contributed by atoms with Gasteiger partial charge in [0.05, 0.1) is 5.52 Å². The molecule has 2 heterocycles. The lowest BCUT2D eigenvalue weighted by molar-refractivity contribution is 0.178. The summed E-state index contributed by atoms with van der Waals surface area (Å²) in [6.45, 7) is 3.58. The van der Waals surface area contributed by atoms with Crippen LogP contribution in [-0.4, -0.2) is 29.1 Å². The van der Waals surface area contributed by atoms with Crippen molar-refractivity contribution < 1.29 is 8.81 Å². The van der Waals surface area contributed by atoms with Crippen LogP contribution in [0.2, 0.25) is 0 Å². The van der Waals surface area contributed by atoms with Gasteiger partial charge in [0.25, 0.3) is 0 Å². The first-order valence-corrected chi connectivity index (χ1v) is 9.24. The van der Waals surface area contributed by atoms with Crippen LogP contribution in [-0.2, 0) is 13.0 Å². The Labute approximate surface area is 151 Å². The number of fused-ring (bicyclic) bond motifs is 1. The van der Waals surface area contributed by atoms with Gasteiger partial charge < -0.3 is 9.32 Å². The quantitative estimate of drug-likeness (QED) is 0.701. The van der Waals surface area contributed by atoms with Crippen LogP contribution in [0.1, 0.15) is 18.4 Å². The Bertz CT molecular complexity index is 921. The Hall–Kier alpha value is -2.40. The Morgan fingerprint density at radius 3 is 2.50 bits per heavy atom. The van der Waals surface area contributed by atoms with Gasteiger partial charge in [0, 0.05) is 13.1 Å². The van der Waals surface area contributed by atoms with Crippen molar-refractivity contribution in [2.75, 3.05) is 19.6 Å². The molecule has 1 fully saturated rings. The minimum atomic E-state index is -0.280. The van der Waals surface area contributed by atoms with Gasteiger partial charge in [0.15, 0.2) is 5.58 Å². The zero-order chi connectivity index (χ0) is 17.9. The van der Waals surface area contributed by atoms with Crippen LogP contribution in [0.4, 0.5) is 4.39 Å². The highest BCUT2D eigenvalue weighted by Crippen LogP contribution is 2.22. The molecule has 0 radical (unpaired) electrons. The summed E-state index contributed by atoms with van der Waals surface area (Å²) in [5.74, 6) is 0.192. The Kier molecular flexibility index (Phi) is 4.89. The minimum absolute atomic E-state index is 0.175. The van der Waals surface area contributed by atoms with Gasteiger partial charge in [-0.1, -0.05) is 24.3 Å². The van der Waals surface area contributed by atoms with Crippen LogP contribution in [0.15, 0.2) is 57.7 Å². The molecular weight excluding hydrogens is 331 g/mol. The summed E-state index contributed by atoms with van der Waals surface area (Å²) in [4.78, 5) is 14.5. The zero-order valence-electron chi connectivity index (χ0n) is 14.7. The highest BCUT2D eigenvalue weighted by Gasteiger charge is 2.20. The van der Waals surface area contributed by atoms with E-state index < -0.39 is 0 Å². The van der Waals surface area contributed by atoms with Crippen LogP contribution in [0.5, 0.6) is 0 Å². The Balaban J connectivity index is 1.30. The molecule has 2 aromatic carbocycles. The molecule has 1 aliphatic heterocycles. The first kappa shape index (κ1) is 17.0. The van der Waals surface area contributed by atoms with Crippen molar-refractivity contribution in [3.8, 4) is 0 Å². The van der Waals surface area contributed by atoms with E-state index in [0.717, 1.165) is 44.4 Å². The van der Waals surface area contributed by atoms with Crippen LogP contribution >= 0.6 is 0 Å². The van der Waals surface area contributed by atoms with Gasteiger partial charge in [-0.3, -0.25) is 4.57 Å². The molecule has 4 nitrogen and oxygen atoms in total. The second kappa shape index (κ2) is 7.46. The van der Waals surface area contributed by atoms with Crippen molar-refractivity contribution in [2.24, 2.45) is 5.92 Å². The highest BCUT2D eigenvalue weighted by molar-refractivity contribution is 5.72. The molecule has 0 aliphatic carbocycles. The molecule has 26 heavy (non-hydrogen) atoms. The first-order valence-electron chi connectivity index (χ1n) is 9.24. The molecule has 5 heteroatoms. The lowest BCUT2D eigenvalue weighted by Crippen LogP contribution is -2.37. The number of hydrogen-bond acceptors (Lipinski definition) is 3. The monoisotopic (exact) mass is 354 g/mol. The molecule has 0 amide bonds. The van der Waals surface area contributed by atoms with Gasteiger partial charge in [-0.15, -0.1) is 0 Å². The molecule has 0 N–H and O–H groups in total. The number of oxazole rings is 1. The average molecular weight is 354 g/mol. The van der Waals surface area contributed by atoms with Gasteiger partial charge in [-0.2, -0.15) is 0 Å². The van der Waals surface area contributed by atoms with Crippen LogP contribution in [0, 0.1) is 11.7 Å². The number of hydrogen-bond donors (Lipinski definition) is 0. The fraction of sp³-hybridized carbons (Fsp3) is 0.381. The molecule has 4 rings (SSSR count). The van der Waals surface area contributed by atoms with E-state index >= 15 is 0 Å². The summed E-state index contributed by atoms with van der Waals surface area (Å²) in [6.07, 6.45) is 3.29. The molecule has 0 atom stereocenters. The fourth-order valence-electron chi connectivity index (χ4n) is 3.84. The molecular formula is C21H23FN2O2. The second-order valence-electron chi connectivity index (χ2n) is 7.10. The molecule has 1 aromatic heterocycles. The number of halogens is 1. The number of aromatic nitrogens is 1. The van der Waals surface area contributed by atoms with Crippen molar-refractivity contribution in [3.05, 3.63) is 70.5 Å². The maximum Gasteiger partial charge on any atom is 0.419 e. The normalized spacial score (nSPS) is 16.3. The van der Waals surface area contributed by atoms with E-state index in [1.165, 1.54) is 17.7 Å². The summed E-state index contributed by atoms with van der Waals surface area (Å²) in [5, 5.41) is 0. The van der Waals surface area contributed by atoms with E-state index in [0.29, 0.717) is 18.0 Å². The number of nitrogens with zero attached hydrogens (tertiary/aromatic N) is 2. The predicted molar refractivity (Wildman–Crippen MR) is 99.7 cm³/mol. The lowest BCUT2D eigenvalue weighted by Gasteiger charge is -2.32. The topological polar surface area (TPSA) is 38.4 Å². The van der Waals surface area contributed by atoms with Gasteiger partial charge >= 0.3 is 5.76 Å². The summed E-state index contributed by atoms with van der Waals surface area (Å²) in [6, 6.07) is 14.4. The molecule has 3 aromatic rings. The van der Waals surface area contributed by atoms with Crippen LogP contribution in [0.25, 0.3) is 11.1 Å². The lowest BCUT2D eigenvalue weighted by atomic mass is 9.90. The molecule has 0 unspecified atom stereocenters. The van der Waals surface area contributed by atoms with Crippen molar-refractivity contribution in [1.82, 2.24) is 9.47 Å². The largest absolute Gasteiger partial charge is 0.419 e. The summed E-state index contributed by atoms with van der Waals surface area (Å²) >= 11 is 0. The van der Waals surface area contributed by atoms with Crippen molar-refractivity contribution >= 4 is 11.1 Å². The van der Waals surface area contributed by atoms with E-state index in [4.69, 9.17) is 4.42 Å². The number of para-hydroxylation sites is 2. The third-order valence-electron chi connectivity index (χ3n) is 5.36. The van der Waals surface area contributed by atoms with E-state index in [1.54, 1.807) is 4.57 Å². The first-order chi connectivity index (χ1) is 12.7. The summed E-state index contributed by atoms with van der Waals surface area (Å²) in [5.41, 5.74) is 2.72. The van der Waals surface area contributed by atoms with Crippen molar-refractivity contribution in [1.29, 1.82) is 0 Å². The summed E-state index contributed by atoms with van der Waals surface area (Å²) < 4.78 is 20.0. The maximum atomic E-state index is 13.0. The van der Waals surface area contributed by atoms with Gasteiger partial charge in [0.1, 0.15) is 5.82 Å². The molecule has 0 saturated carbocycles. The molecule has 0 bridgehead atoms. The van der Waals surface area contributed by atoms with Crippen LogP contribution in [0.3, 0.4) is 0 Å². The summed E-state index contributed by atoms with van der Waals surface area (Å²) in [7, 11) is 0. The van der Waals surface area contributed by atoms with E-state index in [-0.39, 0.29) is 11.6 Å². The van der Waals surface area contributed by atoms with Gasteiger partial charge in [0.2, 0.25) is 0 Å². The standard InChI is InChI=1S/C21H23FN2O2/c22-18-7-5-16(6-8-18)15-17-9-11-23(12-10-17)13-14-24-19-3-1-2-4-20(19)26-21(24)25/h1-8,17H,9-15H2. The SMILES string of the molecule is O=c1oc2ccccc2n1CCN1CCC(Cc2ccc(F)cc2)CC1. The minimum Gasteiger partial charge on any atom is -0.408 e.